The first-order valence-electron chi connectivity index (χ1n) is 7.16. The first kappa shape index (κ1) is 11.0. The highest BCUT2D eigenvalue weighted by Crippen LogP contribution is 2.41. The fraction of sp³-hybridized carbons (Fsp3) is 1.00. The molecule has 3 fully saturated rings. The molecule has 1 N–H and O–H groups in total. The highest BCUT2D eigenvalue weighted by Gasteiger charge is 2.46. The summed E-state index contributed by atoms with van der Waals surface area (Å²) in [5.74, 6) is 2.75. The fourth-order valence-corrected chi connectivity index (χ4v) is 3.40. The number of nitrogens with one attached hydrogen (secondary N) is 1. The molecule has 0 aromatic carbocycles. The van der Waals surface area contributed by atoms with E-state index in [9.17, 15) is 0 Å². The van der Waals surface area contributed by atoms with Crippen LogP contribution in [0.5, 0.6) is 0 Å². The zero-order valence-corrected chi connectivity index (χ0v) is 10.9. The van der Waals surface area contributed by atoms with Gasteiger partial charge in [0.25, 0.3) is 0 Å². The van der Waals surface area contributed by atoms with Crippen molar-refractivity contribution in [2.75, 3.05) is 13.1 Å². The summed E-state index contributed by atoms with van der Waals surface area (Å²) >= 11 is 0. The summed E-state index contributed by atoms with van der Waals surface area (Å²) in [5, 5.41) is 3.80. The van der Waals surface area contributed by atoms with Crippen LogP contribution in [0.2, 0.25) is 0 Å². The van der Waals surface area contributed by atoms with Crippen molar-refractivity contribution in [1.82, 2.24) is 10.2 Å². The lowest BCUT2D eigenvalue weighted by molar-refractivity contribution is 0.0804. The number of rotatable bonds is 3. The van der Waals surface area contributed by atoms with Gasteiger partial charge in [-0.15, -0.1) is 0 Å². The van der Waals surface area contributed by atoms with Gasteiger partial charge in [-0.05, 0) is 37.0 Å². The van der Waals surface area contributed by atoms with Crippen LogP contribution >= 0.6 is 0 Å². The maximum absolute atomic E-state index is 3.80. The van der Waals surface area contributed by atoms with E-state index in [0.717, 1.165) is 35.9 Å². The van der Waals surface area contributed by atoms with Crippen molar-refractivity contribution in [1.29, 1.82) is 0 Å². The van der Waals surface area contributed by atoms with Crippen molar-refractivity contribution in [2.24, 2.45) is 17.8 Å². The third-order valence-electron chi connectivity index (χ3n) is 4.88. The summed E-state index contributed by atoms with van der Waals surface area (Å²) in [4.78, 5) is 2.84. The van der Waals surface area contributed by atoms with Gasteiger partial charge in [-0.2, -0.15) is 0 Å². The zero-order valence-electron chi connectivity index (χ0n) is 10.9. The zero-order chi connectivity index (χ0) is 11.3. The van der Waals surface area contributed by atoms with E-state index < -0.39 is 0 Å². The number of hydrogen-bond donors (Lipinski definition) is 1. The molecule has 4 atom stereocenters. The normalized spacial score (nSPS) is 45.0. The molecular weight excluding hydrogens is 196 g/mol. The molecule has 3 rings (SSSR count). The predicted molar refractivity (Wildman–Crippen MR) is 67.4 cm³/mol. The topological polar surface area (TPSA) is 15.3 Å². The van der Waals surface area contributed by atoms with E-state index in [4.69, 9.17) is 0 Å². The van der Waals surface area contributed by atoms with E-state index in [2.05, 4.69) is 31.0 Å². The molecule has 0 aromatic heterocycles. The van der Waals surface area contributed by atoms with E-state index in [1.165, 1.54) is 32.4 Å². The van der Waals surface area contributed by atoms with E-state index in [0.29, 0.717) is 0 Å². The Labute approximate surface area is 99.8 Å². The van der Waals surface area contributed by atoms with Gasteiger partial charge in [0, 0.05) is 31.2 Å². The van der Waals surface area contributed by atoms with Gasteiger partial charge in [-0.25, -0.2) is 0 Å². The van der Waals surface area contributed by atoms with Crippen LogP contribution in [0.1, 0.15) is 40.0 Å². The molecule has 1 heterocycles. The van der Waals surface area contributed by atoms with Crippen molar-refractivity contribution < 1.29 is 0 Å². The number of piperazine rings is 1. The lowest BCUT2D eigenvalue weighted by Crippen LogP contribution is -2.59. The summed E-state index contributed by atoms with van der Waals surface area (Å²) in [7, 11) is 0. The molecule has 0 radical (unpaired) electrons. The van der Waals surface area contributed by atoms with Crippen molar-refractivity contribution in [3.8, 4) is 0 Å². The van der Waals surface area contributed by atoms with Crippen LogP contribution in [0.25, 0.3) is 0 Å². The largest absolute Gasteiger partial charge is 0.311 e. The van der Waals surface area contributed by atoms with Crippen molar-refractivity contribution in [3.63, 3.8) is 0 Å². The Morgan fingerprint density at radius 1 is 1.25 bits per heavy atom. The molecule has 2 saturated carbocycles. The van der Waals surface area contributed by atoms with Crippen LogP contribution in [0, 0.1) is 17.8 Å². The summed E-state index contributed by atoms with van der Waals surface area (Å²) in [5.41, 5.74) is 0. The number of nitrogens with zero attached hydrogens (tertiary/aromatic N) is 1. The maximum Gasteiger partial charge on any atom is 0.0247 e. The lowest BCUT2D eigenvalue weighted by atomic mass is 9.96. The van der Waals surface area contributed by atoms with Gasteiger partial charge in [0.1, 0.15) is 0 Å². The molecule has 0 spiro atoms. The number of hydrogen-bond acceptors (Lipinski definition) is 2. The van der Waals surface area contributed by atoms with Gasteiger partial charge in [-0.3, -0.25) is 4.90 Å². The average molecular weight is 222 g/mol. The SMILES string of the molecule is CC(C)C1CNC(C2CC2)CN1C1CC1C. The summed E-state index contributed by atoms with van der Waals surface area (Å²) in [6, 6.07) is 2.50. The highest BCUT2D eigenvalue weighted by atomic mass is 15.3. The standard InChI is InChI=1S/C14H26N2/c1-9(2)14-7-15-12(11-4-5-11)8-16(14)13-6-10(13)3/h9-15H,4-8H2,1-3H3. The third kappa shape index (κ3) is 2.02. The van der Waals surface area contributed by atoms with Gasteiger partial charge in [0.05, 0.1) is 0 Å². The predicted octanol–water partition coefficient (Wildman–Crippen LogP) is 2.10. The molecule has 0 aromatic rings. The molecular formula is C14H26N2. The third-order valence-corrected chi connectivity index (χ3v) is 4.88. The van der Waals surface area contributed by atoms with Crippen LogP contribution in [0.4, 0.5) is 0 Å². The molecule has 4 unspecified atom stereocenters. The minimum atomic E-state index is 0.782. The second-order valence-electron chi connectivity index (χ2n) is 6.64. The summed E-state index contributed by atoms with van der Waals surface area (Å²) in [6.45, 7) is 9.72. The van der Waals surface area contributed by atoms with Gasteiger partial charge in [0.15, 0.2) is 0 Å². The van der Waals surface area contributed by atoms with E-state index in [1.807, 2.05) is 0 Å². The molecule has 92 valence electrons. The Morgan fingerprint density at radius 3 is 2.44 bits per heavy atom. The molecule has 2 heteroatoms. The van der Waals surface area contributed by atoms with Crippen molar-refractivity contribution in [2.45, 2.75) is 58.2 Å². The first-order valence-corrected chi connectivity index (χ1v) is 7.16. The van der Waals surface area contributed by atoms with Crippen molar-refractivity contribution in [3.05, 3.63) is 0 Å². The molecule has 1 saturated heterocycles. The Kier molecular flexibility index (Phi) is 2.75. The van der Waals surface area contributed by atoms with E-state index in [-0.39, 0.29) is 0 Å². The van der Waals surface area contributed by atoms with E-state index >= 15 is 0 Å². The molecule has 0 bridgehead atoms. The minimum Gasteiger partial charge on any atom is -0.311 e. The summed E-state index contributed by atoms with van der Waals surface area (Å²) < 4.78 is 0. The molecule has 16 heavy (non-hydrogen) atoms. The van der Waals surface area contributed by atoms with Crippen molar-refractivity contribution >= 4 is 0 Å². The average Bonchev–Trinajstić information content (AvgIpc) is 3.11. The van der Waals surface area contributed by atoms with Crippen LogP contribution in [-0.2, 0) is 0 Å². The molecule has 0 amide bonds. The van der Waals surface area contributed by atoms with Crippen LogP contribution < -0.4 is 5.32 Å². The smallest absolute Gasteiger partial charge is 0.0247 e. The quantitative estimate of drug-likeness (QED) is 0.787. The van der Waals surface area contributed by atoms with Crippen LogP contribution in [0.3, 0.4) is 0 Å². The van der Waals surface area contributed by atoms with E-state index in [1.54, 1.807) is 0 Å². The minimum absolute atomic E-state index is 0.782. The first-order chi connectivity index (χ1) is 7.66. The molecule has 1 aliphatic heterocycles. The second-order valence-corrected chi connectivity index (χ2v) is 6.64. The summed E-state index contributed by atoms with van der Waals surface area (Å²) in [6.07, 6.45) is 4.39. The molecule has 3 aliphatic rings. The lowest BCUT2D eigenvalue weighted by Gasteiger charge is -2.43. The Balaban J connectivity index is 1.67. The van der Waals surface area contributed by atoms with Crippen LogP contribution in [0.15, 0.2) is 0 Å². The van der Waals surface area contributed by atoms with Gasteiger partial charge in [0.2, 0.25) is 0 Å². The Morgan fingerprint density at radius 2 is 1.94 bits per heavy atom. The monoisotopic (exact) mass is 222 g/mol. The van der Waals surface area contributed by atoms with Gasteiger partial charge < -0.3 is 5.32 Å². The maximum atomic E-state index is 3.80. The second kappa shape index (κ2) is 3.99. The van der Waals surface area contributed by atoms with Gasteiger partial charge in [-0.1, -0.05) is 20.8 Å². The van der Waals surface area contributed by atoms with Gasteiger partial charge >= 0.3 is 0 Å². The highest BCUT2D eigenvalue weighted by molar-refractivity contribution is 5.02. The Bertz CT molecular complexity index is 259. The molecule has 2 nitrogen and oxygen atoms in total. The fourth-order valence-electron chi connectivity index (χ4n) is 3.40. The van der Waals surface area contributed by atoms with Crippen LogP contribution in [-0.4, -0.2) is 36.1 Å². The molecule has 2 aliphatic carbocycles. The Hall–Kier alpha value is -0.0800.